The summed E-state index contributed by atoms with van der Waals surface area (Å²) in [6.45, 7) is 4.65. The van der Waals surface area contributed by atoms with Crippen LogP contribution in [0.3, 0.4) is 0 Å². The molecule has 54 valence electrons. The van der Waals surface area contributed by atoms with Gasteiger partial charge in [0.1, 0.15) is 0 Å². The van der Waals surface area contributed by atoms with E-state index < -0.39 is 0 Å². The van der Waals surface area contributed by atoms with E-state index in [0.29, 0.717) is 0 Å². The van der Waals surface area contributed by atoms with Crippen LogP contribution in [0, 0.1) is 0 Å². The zero-order chi connectivity index (χ0) is 6.91. The van der Waals surface area contributed by atoms with Gasteiger partial charge in [0.25, 0.3) is 0 Å². The lowest BCUT2D eigenvalue weighted by molar-refractivity contribution is -0.132. The summed E-state index contributed by atoms with van der Waals surface area (Å²) < 4.78 is 5.33. The zero-order valence-electron chi connectivity index (χ0n) is 6.05. The van der Waals surface area contributed by atoms with E-state index in [9.17, 15) is 5.11 Å². The fraction of sp³-hybridized carbons (Fsp3) is 1.00. The standard InChI is InChI=1S/C7H14O2/c1-7(2)6(8)4-3-5-9-7/h6,8H,3-5H2,1-2H3/t6-/m0/s1. The van der Waals surface area contributed by atoms with Crippen molar-refractivity contribution in [1.82, 2.24) is 0 Å². The highest BCUT2D eigenvalue weighted by Crippen LogP contribution is 2.23. The molecule has 1 atom stereocenters. The summed E-state index contributed by atoms with van der Waals surface area (Å²) >= 11 is 0. The summed E-state index contributed by atoms with van der Waals surface area (Å²) in [6.07, 6.45) is 1.60. The van der Waals surface area contributed by atoms with Crippen LogP contribution in [0.2, 0.25) is 0 Å². The molecule has 0 unspecified atom stereocenters. The van der Waals surface area contributed by atoms with Crippen molar-refractivity contribution in [1.29, 1.82) is 0 Å². The first-order valence-corrected chi connectivity index (χ1v) is 3.45. The van der Waals surface area contributed by atoms with Crippen LogP contribution in [0.4, 0.5) is 0 Å². The number of aliphatic hydroxyl groups is 1. The normalized spacial score (nSPS) is 34.3. The quantitative estimate of drug-likeness (QED) is 0.528. The van der Waals surface area contributed by atoms with Crippen molar-refractivity contribution >= 4 is 0 Å². The lowest BCUT2D eigenvalue weighted by Gasteiger charge is -2.34. The first kappa shape index (κ1) is 7.03. The van der Waals surface area contributed by atoms with Gasteiger partial charge in [0, 0.05) is 6.61 Å². The second-order valence-corrected chi connectivity index (χ2v) is 3.11. The van der Waals surface area contributed by atoms with Gasteiger partial charge in [-0.15, -0.1) is 0 Å². The zero-order valence-corrected chi connectivity index (χ0v) is 6.05. The summed E-state index contributed by atoms with van der Waals surface area (Å²) in [5.41, 5.74) is -0.307. The molecular weight excluding hydrogens is 116 g/mol. The molecule has 0 aliphatic carbocycles. The fourth-order valence-electron chi connectivity index (χ4n) is 1.06. The molecule has 0 aromatic carbocycles. The molecule has 0 spiro atoms. The summed E-state index contributed by atoms with van der Waals surface area (Å²) in [6, 6.07) is 0. The minimum Gasteiger partial charge on any atom is -0.390 e. The molecule has 1 aliphatic heterocycles. The first-order valence-electron chi connectivity index (χ1n) is 3.45. The highest BCUT2D eigenvalue weighted by atomic mass is 16.5. The second-order valence-electron chi connectivity index (χ2n) is 3.11. The lowest BCUT2D eigenvalue weighted by Crippen LogP contribution is -2.42. The smallest absolute Gasteiger partial charge is 0.0884 e. The maximum absolute atomic E-state index is 9.31. The Balaban J connectivity index is 2.49. The molecule has 0 saturated carbocycles. The average Bonchev–Trinajstić information content (AvgIpc) is 1.77. The summed E-state index contributed by atoms with van der Waals surface area (Å²) in [7, 11) is 0. The summed E-state index contributed by atoms with van der Waals surface area (Å²) in [4.78, 5) is 0. The van der Waals surface area contributed by atoms with Crippen LogP contribution >= 0.6 is 0 Å². The highest BCUT2D eigenvalue weighted by Gasteiger charge is 2.31. The molecule has 0 aromatic rings. The summed E-state index contributed by atoms with van der Waals surface area (Å²) in [5.74, 6) is 0. The van der Waals surface area contributed by atoms with Crippen LogP contribution in [0.5, 0.6) is 0 Å². The molecule has 1 aliphatic rings. The molecule has 2 nitrogen and oxygen atoms in total. The monoisotopic (exact) mass is 130 g/mol. The van der Waals surface area contributed by atoms with Crippen molar-refractivity contribution in [2.45, 2.75) is 38.4 Å². The third-order valence-corrected chi connectivity index (χ3v) is 1.90. The van der Waals surface area contributed by atoms with Gasteiger partial charge in [-0.1, -0.05) is 0 Å². The molecule has 1 rings (SSSR count). The van der Waals surface area contributed by atoms with Crippen molar-refractivity contribution in [3.05, 3.63) is 0 Å². The van der Waals surface area contributed by atoms with E-state index in [4.69, 9.17) is 4.74 Å². The highest BCUT2D eigenvalue weighted by molar-refractivity contribution is 4.81. The number of ether oxygens (including phenoxy) is 1. The van der Waals surface area contributed by atoms with Crippen molar-refractivity contribution in [2.24, 2.45) is 0 Å². The van der Waals surface area contributed by atoms with E-state index in [2.05, 4.69) is 0 Å². The average molecular weight is 130 g/mol. The molecule has 9 heavy (non-hydrogen) atoms. The Morgan fingerprint density at radius 1 is 1.56 bits per heavy atom. The number of aliphatic hydroxyl groups excluding tert-OH is 1. The maximum Gasteiger partial charge on any atom is 0.0884 e. The van der Waals surface area contributed by atoms with Crippen molar-refractivity contribution in [3.8, 4) is 0 Å². The SMILES string of the molecule is CC1(C)OCCC[C@@H]1O. The van der Waals surface area contributed by atoms with E-state index >= 15 is 0 Å². The van der Waals surface area contributed by atoms with Gasteiger partial charge < -0.3 is 9.84 Å². The van der Waals surface area contributed by atoms with Gasteiger partial charge in [-0.3, -0.25) is 0 Å². The van der Waals surface area contributed by atoms with Gasteiger partial charge >= 0.3 is 0 Å². The van der Waals surface area contributed by atoms with E-state index in [0.717, 1.165) is 19.4 Å². The number of rotatable bonds is 0. The Hall–Kier alpha value is -0.0800. The van der Waals surface area contributed by atoms with Gasteiger partial charge in [-0.05, 0) is 26.7 Å². The predicted molar refractivity (Wildman–Crippen MR) is 35.3 cm³/mol. The van der Waals surface area contributed by atoms with Crippen LogP contribution in [0.25, 0.3) is 0 Å². The van der Waals surface area contributed by atoms with Crippen LogP contribution in [-0.4, -0.2) is 23.4 Å². The Morgan fingerprint density at radius 3 is 2.56 bits per heavy atom. The Morgan fingerprint density at radius 2 is 2.22 bits per heavy atom. The van der Waals surface area contributed by atoms with Crippen molar-refractivity contribution < 1.29 is 9.84 Å². The van der Waals surface area contributed by atoms with Gasteiger partial charge in [-0.2, -0.15) is 0 Å². The predicted octanol–water partition coefficient (Wildman–Crippen LogP) is 0.936. The van der Waals surface area contributed by atoms with Crippen LogP contribution < -0.4 is 0 Å². The molecule has 1 saturated heterocycles. The van der Waals surface area contributed by atoms with Gasteiger partial charge in [-0.25, -0.2) is 0 Å². The molecule has 0 radical (unpaired) electrons. The number of hydrogen-bond donors (Lipinski definition) is 1. The molecule has 1 N–H and O–H groups in total. The third-order valence-electron chi connectivity index (χ3n) is 1.90. The molecular formula is C7H14O2. The van der Waals surface area contributed by atoms with Gasteiger partial charge in [0.2, 0.25) is 0 Å². The van der Waals surface area contributed by atoms with Gasteiger partial charge in [0.15, 0.2) is 0 Å². The molecule has 0 bridgehead atoms. The first-order chi connectivity index (χ1) is 4.13. The van der Waals surface area contributed by atoms with Crippen molar-refractivity contribution in [2.75, 3.05) is 6.61 Å². The van der Waals surface area contributed by atoms with Crippen LogP contribution in [0.1, 0.15) is 26.7 Å². The van der Waals surface area contributed by atoms with E-state index in [-0.39, 0.29) is 11.7 Å². The maximum atomic E-state index is 9.31. The van der Waals surface area contributed by atoms with E-state index in [1.165, 1.54) is 0 Å². The Kier molecular flexibility index (Phi) is 1.78. The van der Waals surface area contributed by atoms with Gasteiger partial charge in [0.05, 0.1) is 11.7 Å². The minimum atomic E-state index is -0.307. The molecule has 1 fully saturated rings. The van der Waals surface area contributed by atoms with Crippen LogP contribution in [0.15, 0.2) is 0 Å². The Bertz CT molecular complexity index is 99.1. The molecule has 0 amide bonds. The van der Waals surface area contributed by atoms with E-state index in [1.54, 1.807) is 0 Å². The van der Waals surface area contributed by atoms with Crippen molar-refractivity contribution in [3.63, 3.8) is 0 Å². The third kappa shape index (κ3) is 1.43. The second kappa shape index (κ2) is 2.27. The molecule has 2 heteroatoms. The lowest BCUT2D eigenvalue weighted by atomic mass is 9.95. The minimum absolute atomic E-state index is 0.272. The molecule has 0 aromatic heterocycles. The summed E-state index contributed by atoms with van der Waals surface area (Å²) in [5, 5.41) is 9.31. The topological polar surface area (TPSA) is 29.5 Å². The fourth-order valence-corrected chi connectivity index (χ4v) is 1.06. The Labute approximate surface area is 55.8 Å². The molecule has 1 heterocycles. The number of hydrogen-bond acceptors (Lipinski definition) is 2. The van der Waals surface area contributed by atoms with Crippen LogP contribution in [-0.2, 0) is 4.74 Å². The largest absolute Gasteiger partial charge is 0.390 e. The van der Waals surface area contributed by atoms with E-state index in [1.807, 2.05) is 13.8 Å².